The van der Waals surface area contributed by atoms with Gasteiger partial charge in [-0.2, -0.15) is 0 Å². The fourth-order valence-electron chi connectivity index (χ4n) is 1.33. The van der Waals surface area contributed by atoms with E-state index < -0.39 is 0 Å². The van der Waals surface area contributed by atoms with Crippen molar-refractivity contribution in [1.29, 1.82) is 0 Å². The van der Waals surface area contributed by atoms with Crippen LogP contribution in [0.5, 0.6) is 0 Å². The van der Waals surface area contributed by atoms with Gasteiger partial charge in [0.05, 0.1) is 0 Å². The van der Waals surface area contributed by atoms with E-state index in [2.05, 4.69) is 10.3 Å². The molecule has 1 aromatic carbocycles. The number of hydrogen-bond donors (Lipinski definition) is 1. The van der Waals surface area contributed by atoms with Crippen LogP contribution in [0.1, 0.15) is 5.56 Å². The first-order valence-electron chi connectivity index (χ1n) is 4.85. The van der Waals surface area contributed by atoms with Crippen LogP contribution in [0.3, 0.4) is 0 Å². The van der Waals surface area contributed by atoms with Crippen LogP contribution in [0.25, 0.3) is 0 Å². The van der Waals surface area contributed by atoms with E-state index in [1.165, 1.54) is 6.07 Å². The van der Waals surface area contributed by atoms with Crippen molar-refractivity contribution >= 4 is 17.4 Å². The molecule has 16 heavy (non-hydrogen) atoms. The Morgan fingerprint density at radius 3 is 2.69 bits per heavy atom. The highest BCUT2D eigenvalue weighted by Crippen LogP contribution is 2.12. The summed E-state index contributed by atoms with van der Waals surface area (Å²) in [6.45, 7) is 0.389. The average Bonchev–Trinajstić information content (AvgIpc) is 2.28. The summed E-state index contributed by atoms with van der Waals surface area (Å²) >= 11 is 5.73. The van der Waals surface area contributed by atoms with Gasteiger partial charge in [0.1, 0.15) is 16.8 Å². The van der Waals surface area contributed by atoms with Gasteiger partial charge in [0.25, 0.3) is 0 Å². The molecule has 0 bridgehead atoms. The second-order valence-electron chi connectivity index (χ2n) is 3.29. The van der Waals surface area contributed by atoms with Crippen LogP contribution in [0.15, 0.2) is 42.5 Å². The zero-order valence-corrected chi connectivity index (χ0v) is 9.21. The maximum absolute atomic E-state index is 13.3. The summed E-state index contributed by atoms with van der Waals surface area (Å²) in [7, 11) is 0. The number of rotatable bonds is 3. The quantitative estimate of drug-likeness (QED) is 0.826. The smallest absolute Gasteiger partial charge is 0.131 e. The first kappa shape index (κ1) is 10.9. The second-order valence-corrected chi connectivity index (χ2v) is 3.68. The molecule has 0 saturated carbocycles. The van der Waals surface area contributed by atoms with E-state index in [1.807, 2.05) is 0 Å². The number of pyridine rings is 1. The third-order valence-corrected chi connectivity index (χ3v) is 2.34. The number of nitrogens with zero attached hydrogens (tertiary/aromatic N) is 1. The molecule has 2 nitrogen and oxygen atoms in total. The molecule has 1 N–H and O–H groups in total. The largest absolute Gasteiger partial charge is 0.366 e. The average molecular weight is 237 g/mol. The van der Waals surface area contributed by atoms with Crippen LogP contribution in [-0.4, -0.2) is 4.98 Å². The molecular formula is C12H10ClFN2. The van der Waals surface area contributed by atoms with Crippen molar-refractivity contribution in [3.63, 3.8) is 0 Å². The maximum atomic E-state index is 13.3. The first-order chi connectivity index (χ1) is 7.75. The van der Waals surface area contributed by atoms with E-state index in [-0.39, 0.29) is 5.82 Å². The molecule has 2 rings (SSSR count). The molecule has 0 spiro atoms. The lowest BCUT2D eigenvalue weighted by Crippen LogP contribution is -2.02. The Balaban J connectivity index is 2.05. The molecule has 0 aliphatic heterocycles. The Labute approximate surface area is 98.1 Å². The lowest BCUT2D eigenvalue weighted by atomic mass is 10.2. The molecule has 1 heterocycles. The lowest BCUT2D eigenvalue weighted by Gasteiger charge is -2.06. The van der Waals surface area contributed by atoms with Crippen molar-refractivity contribution in [3.05, 3.63) is 59.0 Å². The third-order valence-electron chi connectivity index (χ3n) is 2.13. The summed E-state index contributed by atoms with van der Waals surface area (Å²) in [6.07, 6.45) is 0. The number of nitrogens with one attached hydrogen (secondary N) is 1. The summed E-state index contributed by atoms with van der Waals surface area (Å²) < 4.78 is 13.3. The fraction of sp³-hybridized carbons (Fsp3) is 0.0833. The standard InChI is InChI=1S/C12H10ClFN2/c13-11-6-3-7-12(16-11)15-8-9-4-1-2-5-10(9)14/h1-7H,8H2,(H,15,16). The van der Waals surface area contributed by atoms with Gasteiger partial charge >= 0.3 is 0 Å². The number of benzene rings is 1. The third kappa shape index (κ3) is 2.70. The SMILES string of the molecule is Fc1ccccc1CNc1cccc(Cl)n1. The molecule has 0 radical (unpaired) electrons. The Kier molecular flexibility index (Phi) is 3.37. The Bertz CT molecular complexity index is 488. The van der Waals surface area contributed by atoms with E-state index in [9.17, 15) is 4.39 Å². The number of hydrogen-bond acceptors (Lipinski definition) is 2. The number of aromatic nitrogens is 1. The van der Waals surface area contributed by atoms with Gasteiger partial charge < -0.3 is 5.32 Å². The van der Waals surface area contributed by atoms with Crippen LogP contribution in [0.2, 0.25) is 5.15 Å². The van der Waals surface area contributed by atoms with Gasteiger partial charge in [-0.3, -0.25) is 0 Å². The van der Waals surface area contributed by atoms with Crippen LogP contribution in [0.4, 0.5) is 10.2 Å². The second kappa shape index (κ2) is 4.94. The zero-order chi connectivity index (χ0) is 11.4. The molecular weight excluding hydrogens is 227 g/mol. The highest BCUT2D eigenvalue weighted by molar-refractivity contribution is 6.29. The van der Waals surface area contributed by atoms with Gasteiger partial charge in [-0.15, -0.1) is 0 Å². The molecule has 2 aromatic rings. The zero-order valence-electron chi connectivity index (χ0n) is 8.45. The van der Waals surface area contributed by atoms with Crippen LogP contribution in [0, 0.1) is 5.82 Å². The molecule has 82 valence electrons. The van der Waals surface area contributed by atoms with Gasteiger partial charge in [-0.05, 0) is 18.2 Å². The van der Waals surface area contributed by atoms with Gasteiger partial charge in [0.15, 0.2) is 0 Å². The fourth-order valence-corrected chi connectivity index (χ4v) is 1.50. The van der Waals surface area contributed by atoms with Gasteiger partial charge in [0.2, 0.25) is 0 Å². The molecule has 0 fully saturated rings. The van der Waals surface area contributed by atoms with Gasteiger partial charge in [-0.1, -0.05) is 35.9 Å². The molecule has 0 amide bonds. The molecule has 0 saturated heterocycles. The first-order valence-corrected chi connectivity index (χ1v) is 5.23. The van der Waals surface area contributed by atoms with E-state index in [1.54, 1.807) is 36.4 Å². The summed E-state index contributed by atoms with van der Waals surface area (Å²) in [5, 5.41) is 3.42. The van der Waals surface area contributed by atoms with Crippen molar-refractivity contribution in [2.24, 2.45) is 0 Å². The molecule has 0 atom stereocenters. The molecule has 0 unspecified atom stereocenters. The predicted octanol–water partition coefficient (Wildman–Crippen LogP) is 3.49. The predicted molar refractivity (Wildman–Crippen MR) is 63.0 cm³/mol. The molecule has 0 aliphatic rings. The molecule has 4 heteroatoms. The minimum atomic E-state index is -0.225. The molecule has 0 aliphatic carbocycles. The Morgan fingerprint density at radius 1 is 1.12 bits per heavy atom. The molecule has 1 aromatic heterocycles. The summed E-state index contributed by atoms with van der Waals surface area (Å²) in [5.74, 6) is 0.410. The summed E-state index contributed by atoms with van der Waals surface area (Å²) in [6, 6.07) is 11.9. The van der Waals surface area contributed by atoms with Crippen molar-refractivity contribution in [3.8, 4) is 0 Å². The van der Waals surface area contributed by atoms with Crippen LogP contribution >= 0.6 is 11.6 Å². The highest BCUT2D eigenvalue weighted by atomic mass is 35.5. The van der Waals surface area contributed by atoms with E-state index >= 15 is 0 Å². The monoisotopic (exact) mass is 236 g/mol. The van der Waals surface area contributed by atoms with Crippen molar-refractivity contribution in [1.82, 2.24) is 4.98 Å². The minimum absolute atomic E-state index is 0.225. The Hall–Kier alpha value is -1.61. The normalized spacial score (nSPS) is 10.1. The minimum Gasteiger partial charge on any atom is -0.366 e. The summed E-state index contributed by atoms with van der Waals surface area (Å²) in [4.78, 5) is 4.05. The Morgan fingerprint density at radius 2 is 1.94 bits per heavy atom. The van der Waals surface area contributed by atoms with E-state index in [0.29, 0.717) is 23.1 Å². The summed E-state index contributed by atoms with van der Waals surface area (Å²) in [5.41, 5.74) is 0.601. The number of anilines is 1. The lowest BCUT2D eigenvalue weighted by molar-refractivity contribution is 0.613. The van der Waals surface area contributed by atoms with Crippen LogP contribution in [-0.2, 0) is 6.54 Å². The van der Waals surface area contributed by atoms with Gasteiger partial charge in [0, 0.05) is 12.1 Å². The van der Waals surface area contributed by atoms with Crippen molar-refractivity contribution in [2.45, 2.75) is 6.54 Å². The van der Waals surface area contributed by atoms with Gasteiger partial charge in [-0.25, -0.2) is 9.37 Å². The maximum Gasteiger partial charge on any atom is 0.131 e. The number of halogens is 2. The van der Waals surface area contributed by atoms with E-state index in [0.717, 1.165) is 0 Å². The van der Waals surface area contributed by atoms with Crippen molar-refractivity contribution < 1.29 is 4.39 Å². The van der Waals surface area contributed by atoms with Crippen molar-refractivity contribution in [2.75, 3.05) is 5.32 Å². The van der Waals surface area contributed by atoms with E-state index in [4.69, 9.17) is 11.6 Å². The van der Waals surface area contributed by atoms with Crippen LogP contribution < -0.4 is 5.32 Å². The topological polar surface area (TPSA) is 24.9 Å². The highest BCUT2D eigenvalue weighted by Gasteiger charge is 2.00.